The molecule has 2 fully saturated rings. The molecule has 2 aliphatic carbocycles. The van der Waals surface area contributed by atoms with Crippen molar-refractivity contribution in [3.05, 3.63) is 33.7 Å². The molecule has 1 unspecified atom stereocenters. The van der Waals surface area contributed by atoms with E-state index >= 15 is 0 Å². The van der Waals surface area contributed by atoms with E-state index in [1.165, 1.54) is 44.2 Å². The lowest BCUT2D eigenvalue weighted by molar-refractivity contribution is -0.171. The summed E-state index contributed by atoms with van der Waals surface area (Å²) in [6.45, 7) is 0.424. The molecule has 0 saturated heterocycles. The molecular formula is C28H32ClN5O9. The largest absolute Gasteiger partial charge is 0.519 e. The Labute approximate surface area is 251 Å². The quantitative estimate of drug-likeness (QED) is 0.198. The number of nitrogens with two attached hydrogens (primary N) is 1. The number of anilines is 1. The SMILES string of the molecule is C#CC(COC(=O)C1CC2(CCCCC2)C1)(OC)[C@H](Cn1cnc2c(N)nc(Cl)nc21)OC(=O)OCc1oc(=O)oc1C. The summed E-state index contributed by atoms with van der Waals surface area (Å²) in [6.07, 6.45) is 12.2. The van der Waals surface area contributed by atoms with E-state index in [1.54, 1.807) is 0 Å². The molecule has 2 aliphatic rings. The van der Waals surface area contributed by atoms with Crippen LogP contribution in [0.15, 0.2) is 20.0 Å². The molecule has 2 N–H and O–H groups in total. The van der Waals surface area contributed by atoms with E-state index in [0.29, 0.717) is 0 Å². The number of hydrogen-bond acceptors (Lipinski definition) is 13. The van der Waals surface area contributed by atoms with Crippen LogP contribution < -0.4 is 11.6 Å². The first-order chi connectivity index (χ1) is 20.6. The van der Waals surface area contributed by atoms with Gasteiger partial charge in [-0.05, 0) is 49.6 Å². The highest BCUT2D eigenvalue weighted by molar-refractivity contribution is 6.28. The Morgan fingerprint density at radius 3 is 2.65 bits per heavy atom. The Bertz CT molecular complexity index is 1590. The first-order valence-electron chi connectivity index (χ1n) is 13.8. The normalized spacial score (nSPS) is 18.4. The number of terminal acetylenes is 1. The molecular weight excluding hydrogens is 586 g/mol. The number of imidazole rings is 1. The summed E-state index contributed by atoms with van der Waals surface area (Å²) in [4.78, 5) is 49.6. The van der Waals surface area contributed by atoms with Gasteiger partial charge in [0.25, 0.3) is 0 Å². The lowest BCUT2D eigenvalue weighted by Crippen LogP contribution is -2.52. The molecule has 0 radical (unpaired) electrons. The van der Waals surface area contributed by atoms with Gasteiger partial charge in [-0.2, -0.15) is 9.97 Å². The fraction of sp³-hybridized carbons (Fsp3) is 0.571. The topological polar surface area (TPSA) is 184 Å². The van der Waals surface area contributed by atoms with Gasteiger partial charge in [0.1, 0.15) is 12.1 Å². The molecule has 0 amide bonds. The zero-order valence-corrected chi connectivity index (χ0v) is 24.6. The summed E-state index contributed by atoms with van der Waals surface area (Å²) in [5, 5.41) is -0.124. The maximum absolute atomic E-state index is 13.1. The Hall–Kier alpha value is -4.09. The van der Waals surface area contributed by atoms with Crippen LogP contribution in [0.1, 0.15) is 56.5 Å². The standard InChI is InChI=1S/C28H32ClN5O9/c1-4-28(38-3,14-40-23(35)17-10-27(11-17)8-6-5-7-9-27)19(43-25(36)39-13-18-16(2)41-26(37)42-18)12-34-15-31-20-21(30)32-24(29)33-22(20)34/h1,15,17,19H,5-14H2,2-3H3,(H2,30,32,33)/t19-,28?/m0/s1. The third kappa shape index (κ3) is 6.33. The van der Waals surface area contributed by atoms with Gasteiger partial charge in [0.05, 0.1) is 18.8 Å². The molecule has 3 heterocycles. The summed E-state index contributed by atoms with van der Waals surface area (Å²) in [5.74, 6) is 1.12. The maximum Gasteiger partial charge on any atom is 0.519 e. The first-order valence-corrected chi connectivity index (χ1v) is 14.2. The number of esters is 1. The predicted octanol–water partition coefficient (Wildman–Crippen LogP) is 3.56. The van der Waals surface area contributed by atoms with Gasteiger partial charge in [0.2, 0.25) is 10.9 Å². The van der Waals surface area contributed by atoms with Gasteiger partial charge in [-0.15, -0.1) is 6.42 Å². The van der Waals surface area contributed by atoms with Crippen molar-refractivity contribution >= 4 is 40.7 Å². The number of hydrogen-bond donors (Lipinski definition) is 1. The number of nitrogens with zero attached hydrogens (tertiary/aromatic N) is 4. The summed E-state index contributed by atoms with van der Waals surface area (Å²) < 4.78 is 33.3. The predicted molar refractivity (Wildman–Crippen MR) is 150 cm³/mol. The van der Waals surface area contributed by atoms with E-state index in [2.05, 4.69) is 20.9 Å². The highest BCUT2D eigenvalue weighted by Crippen LogP contribution is 2.55. The molecule has 5 rings (SSSR count). The number of fused-ring (bicyclic) bond motifs is 1. The number of ether oxygens (including phenoxy) is 4. The Kier molecular flexibility index (Phi) is 8.66. The minimum atomic E-state index is -1.75. The van der Waals surface area contributed by atoms with Crippen molar-refractivity contribution in [1.82, 2.24) is 19.5 Å². The molecule has 3 aromatic rings. The van der Waals surface area contributed by atoms with Gasteiger partial charge in [-0.3, -0.25) is 4.79 Å². The molecule has 1 spiro atoms. The molecule has 15 heteroatoms. The number of aryl methyl sites for hydroxylation is 1. The zero-order valence-electron chi connectivity index (χ0n) is 23.8. The van der Waals surface area contributed by atoms with Crippen LogP contribution in [0.25, 0.3) is 11.2 Å². The van der Waals surface area contributed by atoms with Crippen molar-refractivity contribution in [3.63, 3.8) is 0 Å². The second-order valence-corrected chi connectivity index (χ2v) is 11.4. The van der Waals surface area contributed by atoms with Crippen LogP contribution in [0.3, 0.4) is 0 Å². The van der Waals surface area contributed by atoms with Crippen molar-refractivity contribution in [1.29, 1.82) is 0 Å². The van der Waals surface area contributed by atoms with Gasteiger partial charge >= 0.3 is 17.9 Å². The fourth-order valence-corrected chi connectivity index (χ4v) is 6.12. The molecule has 2 saturated carbocycles. The van der Waals surface area contributed by atoms with Crippen LogP contribution in [-0.2, 0) is 36.9 Å². The van der Waals surface area contributed by atoms with Gasteiger partial charge in [-0.25, -0.2) is 14.6 Å². The summed E-state index contributed by atoms with van der Waals surface area (Å²) in [5.41, 5.74) is 4.91. The smallest absolute Gasteiger partial charge is 0.461 e. The zero-order chi connectivity index (χ0) is 30.8. The van der Waals surface area contributed by atoms with Crippen LogP contribution in [0.4, 0.5) is 10.6 Å². The van der Waals surface area contributed by atoms with E-state index in [9.17, 15) is 14.4 Å². The number of halogens is 1. The lowest BCUT2D eigenvalue weighted by Gasteiger charge is -2.49. The maximum atomic E-state index is 13.1. The summed E-state index contributed by atoms with van der Waals surface area (Å²) in [7, 11) is 1.31. The average molecular weight is 618 g/mol. The van der Waals surface area contributed by atoms with Crippen molar-refractivity contribution < 1.29 is 37.4 Å². The lowest BCUT2D eigenvalue weighted by atomic mass is 9.56. The van der Waals surface area contributed by atoms with Crippen LogP contribution in [0.5, 0.6) is 0 Å². The minimum absolute atomic E-state index is 0.000964. The molecule has 14 nitrogen and oxygen atoms in total. The third-order valence-corrected chi connectivity index (χ3v) is 8.55. The summed E-state index contributed by atoms with van der Waals surface area (Å²) in [6, 6.07) is 0. The number of methoxy groups -OCH3 is 1. The highest BCUT2D eigenvalue weighted by atomic mass is 35.5. The number of aromatic nitrogens is 4. The number of carbonyl (C=O) groups excluding carboxylic acids is 2. The Morgan fingerprint density at radius 2 is 2.00 bits per heavy atom. The molecule has 0 aliphatic heterocycles. The van der Waals surface area contributed by atoms with Gasteiger partial charge in [0.15, 0.2) is 35.7 Å². The average Bonchev–Trinajstić information content (AvgIpc) is 3.52. The third-order valence-electron chi connectivity index (χ3n) is 8.39. The number of carbonyl (C=O) groups is 2. The first kappa shape index (κ1) is 30.4. The summed E-state index contributed by atoms with van der Waals surface area (Å²) >= 11 is 6.02. The Morgan fingerprint density at radius 1 is 1.26 bits per heavy atom. The fourth-order valence-electron chi connectivity index (χ4n) is 5.95. The van der Waals surface area contributed by atoms with Gasteiger partial charge < -0.3 is 38.1 Å². The number of nitrogen functional groups attached to an aromatic ring is 1. The van der Waals surface area contributed by atoms with Crippen LogP contribution in [-0.4, -0.2) is 57.1 Å². The van der Waals surface area contributed by atoms with Gasteiger partial charge in [-0.1, -0.05) is 25.2 Å². The van der Waals surface area contributed by atoms with Crippen molar-refractivity contribution in [3.8, 4) is 12.3 Å². The van der Waals surface area contributed by atoms with E-state index in [-0.39, 0.29) is 57.6 Å². The van der Waals surface area contributed by atoms with E-state index in [4.69, 9.17) is 51.5 Å². The number of rotatable bonds is 10. The van der Waals surface area contributed by atoms with E-state index < -0.39 is 36.9 Å². The second-order valence-electron chi connectivity index (χ2n) is 11.0. The van der Waals surface area contributed by atoms with Crippen LogP contribution >= 0.6 is 11.6 Å². The second kappa shape index (κ2) is 12.3. The van der Waals surface area contributed by atoms with Crippen molar-refractivity contribution in [2.45, 2.75) is 76.7 Å². The van der Waals surface area contributed by atoms with Crippen LogP contribution in [0, 0.1) is 30.6 Å². The molecule has 43 heavy (non-hydrogen) atoms. The molecule has 230 valence electrons. The van der Waals surface area contributed by atoms with Crippen molar-refractivity contribution in [2.75, 3.05) is 19.5 Å². The minimum Gasteiger partial charge on any atom is -0.461 e. The van der Waals surface area contributed by atoms with Crippen molar-refractivity contribution in [2.24, 2.45) is 11.3 Å². The molecule has 2 atom stereocenters. The monoisotopic (exact) mass is 617 g/mol. The highest BCUT2D eigenvalue weighted by Gasteiger charge is 2.49. The van der Waals surface area contributed by atoms with Crippen LogP contribution in [0.2, 0.25) is 5.28 Å². The molecule has 0 aromatic carbocycles. The Balaban J connectivity index is 1.35. The molecule has 3 aromatic heterocycles. The van der Waals surface area contributed by atoms with Gasteiger partial charge in [0, 0.05) is 7.11 Å². The van der Waals surface area contributed by atoms with E-state index in [0.717, 1.165) is 25.7 Å². The van der Waals surface area contributed by atoms with E-state index in [1.807, 2.05) is 0 Å². The molecule has 0 bridgehead atoms.